The minimum atomic E-state index is 0.624. The molecule has 2 aromatic rings. The van der Waals surface area contributed by atoms with E-state index in [9.17, 15) is 0 Å². The minimum absolute atomic E-state index is 0.624. The topological polar surface area (TPSA) is 28.2 Å². The van der Waals surface area contributed by atoms with Crippen molar-refractivity contribution in [3.63, 3.8) is 0 Å². The summed E-state index contributed by atoms with van der Waals surface area (Å²) in [7, 11) is 0. The summed E-state index contributed by atoms with van der Waals surface area (Å²) in [5.41, 5.74) is 2.54. The van der Waals surface area contributed by atoms with Crippen LogP contribution in [0, 0.1) is 0 Å². The third-order valence-electron chi connectivity index (χ3n) is 4.13. The number of hydrogen-bond donors (Lipinski definition) is 1. The van der Waals surface area contributed by atoms with E-state index in [0.29, 0.717) is 6.04 Å². The maximum absolute atomic E-state index is 4.36. The number of aromatic nitrogens is 1. The standard InChI is InChI=1S/C18H23N3/c1-2-6-16(7-3-1)15-21-12-9-17(10-13-21)20-14-18-8-4-5-11-19-18/h1-8,11,17,20H,9-10,12-15H2. The van der Waals surface area contributed by atoms with Crippen molar-refractivity contribution in [3.8, 4) is 0 Å². The molecule has 1 aliphatic rings. The maximum Gasteiger partial charge on any atom is 0.0541 e. The summed E-state index contributed by atoms with van der Waals surface area (Å²) in [6.45, 7) is 4.31. The van der Waals surface area contributed by atoms with E-state index >= 15 is 0 Å². The Morgan fingerprint density at radius 3 is 2.48 bits per heavy atom. The Bertz CT molecular complexity index is 519. The number of benzene rings is 1. The van der Waals surface area contributed by atoms with Crippen molar-refractivity contribution < 1.29 is 0 Å². The van der Waals surface area contributed by atoms with Gasteiger partial charge in [0.15, 0.2) is 0 Å². The molecule has 0 radical (unpaired) electrons. The molecule has 0 spiro atoms. The molecule has 0 amide bonds. The zero-order chi connectivity index (χ0) is 14.3. The lowest BCUT2D eigenvalue weighted by molar-refractivity contribution is 0.190. The molecule has 1 saturated heterocycles. The SMILES string of the molecule is c1ccc(CN2CCC(NCc3ccccn3)CC2)cc1. The van der Waals surface area contributed by atoms with Crippen molar-refractivity contribution in [2.75, 3.05) is 13.1 Å². The van der Waals surface area contributed by atoms with Gasteiger partial charge in [-0.3, -0.25) is 9.88 Å². The number of nitrogens with one attached hydrogen (secondary N) is 1. The average molecular weight is 281 g/mol. The van der Waals surface area contributed by atoms with E-state index in [1.165, 1.54) is 31.5 Å². The Kier molecular flexibility index (Phi) is 4.98. The van der Waals surface area contributed by atoms with Crippen LogP contribution in [0.25, 0.3) is 0 Å². The van der Waals surface area contributed by atoms with Crippen LogP contribution in [0.1, 0.15) is 24.1 Å². The first kappa shape index (κ1) is 14.2. The van der Waals surface area contributed by atoms with Crippen molar-refractivity contribution in [1.82, 2.24) is 15.2 Å². The molecule has 1 aromatic carbocycles. The van der Waals surface area contributed by atoms with Gasteiger partial charge in [-0.2, -0.15) is 0 Å². The average Bonchev–Trinajstić information content (AvgIpc) is 2.56. The third kappa shape index (κ3) is 4.38. The zero-order valence-corrected chi connectivity index (χ0v) is 12.4. The summed E-state index contributed by atoms with van der Waals surface area (Å²) in [5.74, 6) is 0. The second-order valence-corrected chi connectivity index (χ2v) is 5.74. The smallest absolute Gasteiger partial charge is 0.0541 e. The number of rotatable bonds is 5. The molecule has 0 atom stereocenters. The zero-order valence-electron chi connectivity index (χ0n) is 12.4. The monoisotopic (exact) mass is 281 g/mol. The maximum atomic E-state index is 4.36. The van der Waals surface area contributed by atoms with Crippen LogP contribution in [-0.4, -0.2) is 29.0 Å². The van der Waals surface area contributed by atoms with Crippen LogP contribution < -0.4 is 5.32 Å². The van der Waals surface area contributed by atoms with Gasteiger partial charge in [0.1, 0.15) is 0 Å². The Hall–Kier alpha value is -1.71. The lowest BCUT2D eigenvalue weighted by atomic mass is 10.0. The van der Waals surface area contributed by atoms with E-state index in [4.69, 9.17) is 0 Å². The Labute approximate surface area is 127 Å². The van der Waals surface area contributed by atoms with E-state index in [1.807, 2.05) is 18.3 Å². The summed E-state index contributed by atoms with van der Waals surface area (Å²) in [4.78, 5) is 6.91. The van der Waals surface area contributed by atoms with Gasteiger partial charge >= 0.3 is 0 Å². The molecule has 0 saturated carbocycles. The van der Waals surface area contributed by atoms with Crippen LogP contribution in [0.3, 0.4) is 0 Å². The first-order valence-electron chi connectivity index (χ1n) is 7.80. The van der Waals surface area contributed by atoms with Crippen molar-refractivity contribution in [1.29, 1.82) is 0 Å². The van der Waals surface area contributed by atoms with Gasteiger partial charge in [-0.15, -0.1) is 0 Å². The van der Waals surface area contributed by atoms with Crippen molar-refractivity contribution in [3.05, 3.63) is 66.0 Å². The number of hydrogen-bond acceptors (Lipinski definition) is 3. The normalized spacial score (nSPS) is 17.0. The molecule has 1 aliphatic heterocycles. The Balaban J connectivity index is 1.41. The van der Waals surface area contributed by atoms with Crippen LogP contribution in [-0.2, 0) is 13.1 Å². The highest BCUT2D eigenvalue weighted by Crippen LogP contribution is 2.14. The molecule has 0 bridgehead atoms. The predicted molar refractivity (Wildman–Crippen MR) is 85.8 cm³/mol. The highest BCUT2D eigenvalue weighted by molar-refractivity contribution is 5.14. The quantitative estimate of drug-likeness (QED) is 0.913. The molecule has 3 heteroatoms. The molecule has 0 unspecified atom stereocenters. The summed E-state index contributed by atoms with van der Waals surface area (Å²) in [6, 6.07) is 17.5. The molecule has 110 valence electrons. The van der Waals surface area contributed by atoms with E-state index in [2.05, 4.69) is 51.6 Å². The molecule has 21 heavy (non-hydrogen) atoms. The fourth-order valence-corrected chi connectivity index (χ4v) is 2.89. The molecule has 2 heterocycles. The van der Waals surface area contributed by atoms with E-state index in [-0.39, 0.29) is 0 Å². The highest BCUT2D eigenvalue weighted by Gasteiger charge is 2.18. The number of piperidine rings is 1. The van der Waals surface area contributed by atoms with Gasteiger partial charge in [-0.25, -0.2) is 0 Å². The predicted octanol–water partition coefficient (Wildman–Crippen LogP) is 2.84. The van der Waals surface area contributed by atoms with Crippen LogP contribution >= 0.6 is 0 Å². The fraction of sp³-hybridized carbons (Fsp3) is 0.389. The van der Waals surface area contributed by atoms with Gasteiger partial charge in [0.05, 0.1) is 5.69 Å². The van der Waals surface area contributed by atoms with Gasteiger partial charge < -0.3 is 5.32 Å². The van der Waals surface area contributed by atoms with Crippen molar-refractivity contribution >= 4 is 0 Å². The first-order valence-corrected chi connectivity index (χ1v) is 7.80. The highest BCUT2D eigenvalue weighted by atomic mass is 15.1. The minimum Gasteiger partial charge on any atom is -0.308 e. The molecule has 0 aliphatic carbocycles. The fourth-order valence-electron chi connectivity index (χ4n) is 2.89. The van der Waals surface area contributed by atoms with Crippen LogP contribution in [0.5, 0.6) is 0 Å². The second-order valence-electron chi connectivity index (χ2n) is 5.74. The van der Waals surface area contributed by atoms with E-state index < -0.39 is 0 Å². The number of nitrogens with zero attached hydrogens (tertiary/aromatic N) is 2. The van der Waals surface area contributed by atoms with Crippen LogP contribution in [0.2, 0.25) is 0 Å². The van der Waals surface area contributed by atoms with Crippen LogP contribution in [0.4, 0.5) is 0 Å². The van der Waals surface area contributed by atoms with Gasteiger partial charge in [0.25, 0.3) is 0 Å². The second kappa shape index (κ2) is 7.34. The van der Waals surface area contributed by atoms with Crippen molar-refractivity contribution in [2.24, 2.45) is 0 Å². The van der Waals surface area contributed by atoms with Gasteiger partial charge in [0.2, 0.25) is 0 Å². The number of pyridine rings is 1. The molecule has 3 nitrogen and oxygen atoms in total. The Morgan fingerprint density at radius 2 is 1.76 bits per heavy atom. The summed E-state index contributed by atoms with van der Waals surface area (Å²) >= 11 is 0. The molecule has 3 rings (SSSR count). The summed E-state index contributed by atoms with van der Waals surface area (Å²) < 4.78 is 0. The third-order valence-corrected chi connectivity index (χ3v) is 4.13. The molecule has 1 fully saturated rings. The van der Waals surface area contributed by atoms with Crippen LogP contribution in [0.15, 0.2) is 54.7 Å². The molecular weight excluding hydrogens is 258 g/mol. The van der Waals surface area contributed by atoms with E-state index in [1.54, 1.807) is 0 Å². The first-order chi connectivity index (χ1) is 10.4. The molecule has 1 N–H and O–H groups in total. The Morgan fingerprint density at radius 1 is 1.00 bits per heavy atom. The largest absolute Gasteiger partial charge is 0.308 e. The summed E-state index contributed by atoms with van der Waals surface area (Å²) in [5, 5.41) is 3.63. The van der Waals surface area contributed by atoms with Gasteiger partial charge in [0, 0.05) is 25.3 Å². The van der Waals surface area contributed by atoms with Gasteiger partial charge in [-0.1, -0.05) is 36.4 Å². The van der Waals surface area contributed by atoms with E-state index in [0.717, 1.165) is 18.8 Å². The summed E-state index contributed by atoms with van der Waals surface area (Å²) in [6.07, 6.45) is 4.30. The van der Waals surface area contributed by atoms with Gasteiger partial charge in [-0.05, 0) is 43.6 Å². The molecule has 1 aromatic heterocycles. The molecular formula is C18H23N3. The lowest BCUT2D eigenvalue weighted by Crippen LogP contribution is -2.41. The van der Waals surface area contributed by atoms with Crippen molar-refractivity contribution in [2.45, 2.75) is 32.0 Å². The lowest BCUT2D eigenvalue weighted by Gasteiger charge is -2.32. The number of likely N-dealkylation sites (tertiary alicyclic amines) is 1.